The van der Waals surface area contributed by atoms with E-state index in [1.54, 1.807) is 22.4 Å². The Bertz CT molecular complexity index is 1550. The molecule has 0 saturated carbocycles. The van der Waals surface area contributed by atoms with E-state index in [1.165, 1.54) is 12.1 Å². The van der Waals surface area contributed by atoms with Crippen molar-refractivity contribution >= 4 is 33.0 Å². The lowest BCUT2D eigenvalue weighted by atomic mass is 9.87. The number of imidazole rings is 1. The molecule has 2 heterocycles. The van der Waals surface area contributed by atoms with Crippen LogP contribution in [0, 0.1) is 5.82 Å². The zero-order valence-corrected chi connectivity index (χ0v) is 23.5. The Morgan fingerprint density at radius 2 is 2.03 bits per heavy atom. The van der Waals surface area contributed by atoms with Crippen molar-refractivity contribution in [2.75, 3.05) is 4.90 Å². The van der Waals surface area contributed by atoms with E-state index in [-0.39, 0.29) is 16.7 Å². The van der Waals surface area contributed by atoms with E-state index >= 15 is 0 Å². The molecule has 39 heavy (non-hydrogen) atoms. The molecule has 1 N–H and O–H groups in total. The van der Waals surface area contributed by atoms with Gasteiger partial charge in [-0.1, -0.05) is 19.1 Å². The number of thiophene rings is 1. The standard InChI is InChI=1S/C29H31FN4O3S2/c1-20(27-7-4-16-38-27)17-29(35)34(19-28-31-14-15-33(28)2)23-11-8-21-5-3-6-26(25(21)18-23)32-39(36,37)24-12-9-22(30)10-13-24/h4,7-16,18,20,26,32H,3,5-6,17,19H2,1-2H3/t20-,26+/m0/s1. The van der Waals surface area contributed by atoms with E-state index in [4.69, 9.17) is 0 Å². The van der Waals surface area contributed by atoms with Crippen LogP contribution in [-0.2, 0) is 34.8 Å². The molecule has 1 amide bonds. The second-order valence-electron chi connectivity index (χ2n) is 9.96. The van der Waals surface area contributed by atoms with Gasteiger partial charge in [0, 0.05) is 42.5 Å². The van der Waals surface area contributed by atoms with Crippen molar-refractivity contribution < 1.29 is 17.6 Å². The first-order valence-corrected chi connectivity index (χ1v) is 15.3. The van der Waals surface area contributed by atoms with Gasteiger partial charge >= 0.3 is 0 Å². The first kappa shape index (κ1) is 27.2. The van der Waals surface area contributed by atoms with Gasteiger partial charge in [-0.15, -0.1) is 11.3 Å². The van der Waals surface area contributed by atoms with E-state index in [2.05, 4.69) is 16.6 Å². The van der Waals surface area contributed by atoms with Gasteiger partial charge in [0.05, 0.1) is 11.4 Å². The van der Waals surface area contributed by atoms with Gasteiger partial charge in [-0.3, -0.25) is 4.79 Å². The molecule has 204 valence electrons. The van der Waals surface area contributed by atoms with E-state index in [0.29, 0.717) is 25.1 Å². The van der Waals surface area contributed by atoms with Gasteiger partial charge in [0.15, 0.2) is 0 Å². The molecule has 0 bridgehead atoms. The molecule has 10 heteroatoms. The fourth-order valence-electron chi connectivity index (χ4n) is 5.00. The van der Waals surface area contributed by atoms with E-state index in [0.717, 1.165) is 46.8 Å². The number of amides is 1. The van der Waals surface area contributed by atoms with Crippen LogP contribution in [0.25, 0.3) is 0 Å². The van der Waals surface area contributed by atoms with Gasteiger partial charge in [-0.25, -0.2) is 22.5 Å². The number of nitrogens with one attached hydrogen (secondary N) is 1. The fourth-order valence-corrected chi connectivity index (χ4v) is 7.04. The van der Waals surface area contributed by atoms with Gasteiger partial charge in [-0.05, 0) is 84.2 Å². The zero-order valence-electron chi connectivity index (χ0n) is 21.9. The number of hydrogen-bond acceptors (Lipinski definition) is 5. The third-order valence-electron chi connectivity index (χ3n) is 7.21. The molecule has 7 nitrogen and oxygen atoms in total. The Kier molecular flexibility index (Phi) is 7.97. The smallest absolute Gasteiger partial charge is 0.241 e. The van der Waals surface area contributed by atoms with Gasteiger partial charge < -0.3 is 9.47 Å². The topological polar surface area (TPSA) is 84.3 Å². The molecule has 0 radical (unpaired) electrons. The van der Waals surface area contributed by atoms with Crippen molar-refractivity contribution in [2.45, 2.75) is 56.0 Å². The van der Waals surface area contributed by atoms with Crippen LogP contribution in [0.3, 0.4) is 0 Å². The molecule has 4 aromatic rings. The quantitative estimate of drug-likeness (QED) is 0.282. The average Bonchev–Trinajstić information content (AvgIpc) is 3.59. The van der Waals surface area contributed by atoms with Crippen molar-refractivity contribution in [3.05, 3.63) is 100 Å². The molecule has 1 aliphatic carbocycles. The van der Waals surface area contributed by atoms with E-state index < -0.39 is 21.9 Å². The summed E-state index contributed by atoms with van der Waals surface area (Å²) < 4.78 is 44.3. The van der Waals surface area contributed by atoms with Crippen LogP contribution >= 0.6 is 11.3 Å². The molecular formula is C29H31FN4O3S2. The molecule has 0 aliphatic heterocycles. The lowest BCUT2D eigenvalue weighted by Crippen LogP contribution is -2.34. The number of fused-ring (bicyclic) bond motifs is 1. The largest absolute Gasteiger partial charge is 0.337 e. The third kappa shape index (κ3) is 6.13. The number of rotatable bonds is 9. The lowest BCUT2D eigenvalue weighted by molar-refractivity contribution is -0.119. The number of nitrogens with zero attached hydrogens (tertiary/aromatic N) is 3. The number of aromatic nitrogens is 2. The highest BCUT2D eigenvalue weighted by molar-refractivity contribution is 7.89. The Morgan fingerprint density at radius 1 is 1.23 bits per heavy atom. The lowest BCUT2D eigenvalue weighted by Gasteiger charge is -2.30. The summed E-state index contributed by atoms with van der Waals surface area (Å²) in [6.45, 7) is 2.35. The minimum atomic E-state index is -3.87. The SMILES string of the molecule is C[C@@H](CC(=O)N(Cc1nccn1C)c1ccc2c(c1)[C@H](NS(=O)(=O)c1ccc(F)cc1)CCC2)c1cccs1. The zero-order chi connectivity index (χ0) is 27.6. The normalized spacial score (nSPS) is 16.0. The molecule has 2 aromatic carbocycles. The first-order valence-electron chi connectivity index (χ1n) is 12.9. The summed E-state index contributed by atoms with van der Waals surface area (Å²) in [6.07, 6.45) is 6.17. The molecule has 0 fully saturated rings. The maximum absolute atomic E-state index is 13.7. The number of hydrogen-bond donors (Lipinski definition) is 1. The number of aryl methyl sites for hydroxylation is 2. The molecule has 0 spiro atoms. The van der Waals surface area contributed by atoms with Crippen molar-refractivity contribution in [1.82, 2.24) is 14.3 Å². The summed E-state index contributed by atoms with van der Waals surface area (Å²) in [5, 5.41) is 2.01. The van der Waals surface area contributed by atoms with Crippen LogP contribution in [0.1, 0.15) is 60.0 Å². The highest BCUT2D eigenvalue weighted by atomic mass is 32.2. The number of sulfonamides is 1. The number of carbonyl (C=O) groups excluding carboxylic acids is 1. The highest BCUT2D eigenvalue weighted by Gasteiger charge is 2.28. The molecule has 2 aromatic heterocycles. The summed E-state index contributed by atoms with van der Waals surface area (Å²) in [5.41, 5.74) is 2.61. The monoisotopic (exact) mass is 566 g/mol. The predicted octanol–water partition coefficient (Wildman–Crippen LogP) is 5.70. The Balaban J connectivity index is 1.46. The van der Waals surface area contributed by atoms with Crippen LogP contribution < -0.4 is 9.62 Å². The van der Waals surface area contributed by atoms with Crippen molar-refractivity contribution in [1.29, 1.82) is 0 Å². The van der Waals surface area contributed by atoms with Crippen LogP contribution in [-0.4, -0.2) is 23.9 Å². The Hall–Kier alpha value is -3.34. The highest BCUT2D eigenvalue weighted by Crippen LogP contribution is 2.35. The van der Waals surface area contributed by atoms with E-state index in [1.807, 2.05) is 53.5 Å². The number of benzene rings is 2. The molecule has 2 atom stereocenters. The number of anilines is 1. The molecule has 1 aliphatic rings. The predicted molar refractivity (Wildman–Crippen MR) is 151 cm³/mol. The van der Waals surface area contributed by atoms with Crippen LogP contribution in [0.15, 0.2) is 77.3 Å². The Morgan fingerprint density at radius 3 is 2.72 bits per heavy atom. The maximum atomic E-state index is 13.7. The second-order valence-corrected chi connectivity index (χ2v) is 12.7. The summed E-state index contributed by atoms with van der Waals surface area (Å²) in [5.74, 6) is 0.290. The summed E-state index contributed by atoms with van der Waals surface area (Å²) in [7, 11) is -1.97. The maximum Gasteiger partial charge on any atom is 0.241 e. The van der Waals surface area contributed by atoms with Gasteiger partial charge in [-0.2, -0.15) is 0 Å². The number of halogens is 1. The summed E-state index contributed by atoms with van der Waals surface area (Å²) in [4.78, 5) is 21.1. The summed E-state index contributed by atoms with van der Waals surface area (Å²) >= 11 is 1.64. The molecule has 0 saturated heterocycles. The third-order valence-corrected chi connectivity index (χ3v) is 9.80. The van der Waals surface area contributed by atoms with Gasteiger partial charge in [0.25, 0.3) is 0 Å². The second kappa shape index (κ2) is 11.4. The molecule has 5 rings (SSSR count). The fraction of sp³-hybridized carbons (Fsp3) is 0.310. The van der Waals surface area contributed by atoms with Crippen LogP contribution in [0.2, 0.25) is 0 Å². The average molecular weight is 567 g/mol. The van der Waals surface area contributed by atoms with Gasteiger partial charge in [0.2, 0.25) is 15.9 Å². The van der Waals surface area contributed by atoms with Crippen molar-refractivity contribution in [3.63, 3.8) is 0 Å². The van der Waals surface area contributed by atoms with Crippen molar-refractivity contribution in [2.24, 2.45) is 7.05 Å². The minimum absolute atomic E-state index is 0.0151. The van der Waals surface area contributed by atoms with Gasteiger partial charge in [0.1, 0.15) is 11.6 Å². The van der Waals surface area contributed by atoms with Crippen LogP contribution in [0.5, 0.6) is 0 Å². The molecular weight excluding hydrogens is 535 g/mol. The van der Waals surface area contributed by atoms with Crippen molar-refractivity contribution in [3.8, 4) is 0 Å². The first-order chi connectivity index (χ1) is 18.7. The van der Waals surface area contributed by atoms with E-state index in [9.17, 15) is 17.6 Å². The van der Waals surface area contributed by atoms with Crippen LogP contribution in [0.4, 0.5) is 10.1 Å². The minimum Gasteiger partial charge on any atom is -0.337 e. The summed E-state index contributed by atoms with van der Waals surface area (Å²) in [6, 6.07) is 14.2. The molecule has 0 unspecified atom stereocenters. The number of carbonyl (C=O) groups is 1. The Labute approximate surface area is 232 Å².